The van der Waals surface area contributed by atoms with Crippen molar-refractivity contribution in [2.45, 2.75) is 0 Å². The molecule has 2 nitrogen and oxygen atoms in total. The molecule has 0 aliphatic heterocycles. The highest BCUT2D eigenvalue weighted by Crippen LogP contribution is 2.42. The Labute approximate surface area is 187 Å². The summed E-state index contributed by atoms with van der Waals surface area (Å²) in [5.41, 5.74) is 7.41. The van der Waals surface area contributed by atoms with Crippen molar-refractivity contribution in [1.29, 1.82) is 0 Å². The fraction of sp³-hybridized carbons (Fsp3) is 0. The third kappa shape index (κ3) is 3.14. The first-order valence-electron chi connectivity index (χ1n) is 10.8. The van der Waals surface area contributed by atoms with Gasteiger partial charge in [-0.15, -0.1) is 0 Å². The summed E-state index contributed by atoms with van der Waals surface area (Å²) in [7, 11) is 0. The van der Waals surface area contributed by atoms with Gasteiger partial charge >= 0.3 is 0 Å². The molecule has 0 aliphatic rings. The number of anilines is 3. The molecule has 0 aliphatic carbocycles. The highest BCUT2D eigenvalue weighted by molar-refractivity contribution is 6.10. The number of para-hydroxylation sites is 3. The van der Waals surface area contributed by atoms with Crippen LogP contribution in [0.15, 0.2) is 132 Å². The van der Waals surface area contributed by atoms with Crippen LogP contribution < -0.4 is 4.90 Å². The summed E-state index contributed by atoms with van der Waals surface area (Å²) in [6.07, 6.45) is 0. The van der Waals surface area contributed by atoms with Gasteiger partial charge in [-0.3, -0.25) is 0 Å². The molecule has 0 saturated carbocycles. The van der Waals surface area contributed by atoms with E-state index < -0.39 is 0 Å². The van der Waals surface area contributed by atoms with Crippen LogP contribution in [0.3, 0.4) is 0 Å². The second-order valence-electron chi connectivity index (χ2n) is 7.84. The minimum Gasteiger partial charge on any atom is -0.454 e. The average Bonchev–Trinajstić information content (AvgIpc) is 3.26. The molecule has 32 heavy (non-hydrogen) atoms. The molecule has 0 fully saturated rings. The summed E-state index contributed by atoms with van der Waals surface area (Å²) in [4.78, 5) is 2.26. The maximum absolute atomic E-state index is 6.36. The second kappa shape index (κ2) is 7.75. The van der Waals surface area contributed by atoms with Crippen LogP contribution in [0.25, 0.3) is 33.1 Å². The van der Waals surface area contributed by atoms with Gasteiger partial charge in [0.1, 0.15) is 5.58 Å². The molecule has 0 radical (unpaired) electrons. The Kier molecular flexibility index (Phi) is 4.47. The molecule has 0 atom stereocenters. The van der Waals surface area contributed by atoms with Crippen molar-refractivity contribution in [2.75, 3.05) is 4.90 Å². The standard InChI is InChI=1S/C30H21NO/c1-3-10-22(11-4-1)23-18-20-25(21-19-23)31(24-12-5-2-6-13-24)28-16-9-15-27-26-14-7-8-17-29(26)32-30(27)28/h1-21H. The van der Waals surface area contributed by atoms with Crippen LogP contribution in [0.4, 0.5) is 17.1 Å². The molecule has 6 aromatic rings. The summed E-state index contributed by atoms with van der Waals surface area (Å²) >= 11 is 0. The molecule has 0 N–H and O–H groups in total. The second-order valence-corrected chi connectivity index (χ2v) is 7.84. The predicted molar refractivity (Wildman–Crippen MR) is 134 cm³/mol. The Morgan fingerprint density at radius 3 is 1.81 bits per heavy atom. The van der Waals surface area contributed by atoms with E-state index >= 15 is 0 Å². The van der Waals surface area contributed by atoms with E-state index in [0.29, 0.717) is 0 Å². The quantitative estimate of drug-likeness (QED) is 0.288. The lowest BCUT2D eigenvalue weighted by atomic mass is 10.0. The van der Waals surface area contributed by atoms with E-state index in [1.54, 1.807) is 0 Å². The highest BCUT2D eigenvalue weighted by Gasteiger charge is 2.18. The Morgan fingerprint density at radius 1 is 0.438 bits per heavy atom. The number of hydrogen-bond donors (Lipinski definition) is 0. The monoisotopic (exact) mass is 411 g/mol. The van der Waals surface area contributed by atoms with Crippen molar-refractivity contribution in [2.24, 2.45) is 0 Å². The SMILES string of the molecule is c1ccc(-c2ccc(N(c3ccccc3)c3cccc4c3oc3ccccc34)cc2)cc1. The highest BCUT2D eigenvalue weighted by atomic mass is 16.3. The van der Waals surface area contributed by atoms with Crippen LogP contribution in [0.2, 0.25) is 0 Å². The van der Waals surface area contributed by atoms with Crippen LogP contribution in [-0.4, -0.2) is 0 Å². The third-order valence-corrected chi connectivity index (χ3v) is 5.87. The first-order chi connectivity index (χ1) is 15.9. The summed E-state index contributed by atoms with van der Waals surface area (Å²) in [5.74, 6) is 0. The van der Waals surface area contributed by atoms with Crippen molar-refractivity contribution in [3.8, 4) is 11.1 Å². The molecule has 6 rings (SSSR count). The van der Waals surface area contributed by atoms with Crippen molar-refractivity contribution in [1.82, 2.24) is 0 Å². The van der Waals surface area contributed by atoms with Crippen LogP contribution >= 0.6 is 0 Å². The lowest BCUT2D eigenvalue weighted by Crippen LogP contribution is -2.10. The Hall–Kier alpha value is -4.30. The van der Waals surface area contributed by atoms with Gasteiger partial charge < -0.3 is 9.32 Å². The van der Waals surface area contributed by atoms with E-state index in [1.165, 1.54) is 11.1 Å². The minimum atomic E-state index is 0.893. The van der Waals surface area contributed by atoms with Crippen LogP contribution in [0, 0.1) is 0 Å². The summed E-state index contributed by atoms with van der Waals surface area (Å²) in [5, 5.41) is 2.26. The van der Waals surface area contributed by atoms with Crippen LogP contribution in [-0.2, 0) is 0 Å². The molecule has 5 aromatic carbocycles. The Balaban J connectivity index is 1.54. The van der Waals surface area contributed by atoms with Crippen molar-refractivity contribution in [3.05, 3.63) is 127 Å². The third-order valence-electron chi connectivity index (χ3n) is 5.87. The lowest BCUT2D eigenvalue weighted by molar-refractivity contribution is 0.669. The van der Waals surface area contributed by atoms with E-state index in [-0.39, 0.29) is 0 Å². The number of benzene rings is 5. The zero-order chi connectivity index (χ0) is 21.3. The number of fused-ring (bicyclic) bond motifs is 3. The number of furan rings is 1. The normalized spacial score (nSPS) is 11.1. The van der Waals surface area contributed by atoms with Crippen molar-refractivity contribution >= 4 is 39.0 Å². The largest absolute Gasteiger partial charge is 0.454 e. The lowest BCUT2D eigenvalue weighted by Gasteiger charge is -2.25. The summed E-state index contributed by atoms with van der Waals surface area (Å²) in [6, 6.07) is 44.2. The number of hydrogen-bond acceptors (Lipinski definition) is 2. The molecule has 1 heterocycles. The maximum Gasteiger partial charge on any atom is 0.159 e. The van der Waals surface area contributed by atoms with Gasteiger partial charge in [-0.25, -0.2) is 0 Å². The van der Waals surface area contributed by atoms with E-state index in [1.807, 2.05) is 24.3 Å². The van der Waals surface area contributed by atoms with Gasteiger partial charge in [0.15, 0.2) is 5.58 Å². The van der Waals surface area contributed by atoms with E-state index in [9.17, 15) is 0 Å². The molecule has 0 saturated heterocycles. The first kappa shape index (κ1) is 18.5. The zero-order valence-corrected chi connectivity index (χ0v) is 17.5. The van der Waals surface area contributed by atoms with Crippen molar-refractivity contribution in [3.63, 3.8) is 0 Å². The van der Waals surface area contributed by atoms with Gasteiger partial charge in [-0.2, -0.15) is 0 Å². The van der Waals surface area contributed by atoms with E-state index in [4.69, 9.17) is 4.42 Å². The fourth-order valence-corrected chi connectivity index (χ4v) is 4.35. The van der Waals surface area contributed by atoms with E-state index in [2.05, 4.69) is 108 Å². The fourth-order valence-electron chi connectivity index (χ4n) is 4.35. The zero-order valence-electron chi connectivity index (χ0n) is 17.5. The summed E-state index contributed by atoms with van der Waals surface area (Å²) < 4.78 is 6.36. The minimum absolute atomic E-state index is 0.893. The van der Waals surface area contributed by atoms with Gasteiger partial charge in [0.05, 0.1) is 5.69 Å². The van der Waals surface area contributed by atoms with E-state index in [0.717, 1.165) is 39.0 Å². The Morgan fingerprint density at radius 2 is 1.03 bits per heavy atom. The Bertz CT molecular complexity index is 1500. The number of nitrogens with zero attached hydrogens (tertiary/aromatic N) is 1. The first-order valence-corrected chi connectivity index (χ1v) is 10.8. The molecule has 0 unspecified atom stereocenters. The molecule has 0 spiro atoms. The number of rotatable bonds is 4. The van der Waals surface area contributed by atoms with Gasteiger partial charge in [0.25, 0.3) is 0 Å². The van der Waals surface area contributed by atoms with Crippen molar-refractivity contribution < 1.29 is 4.42 Å². The summed E-state index contributed by atoms with van der Waals surface area (Å²) in [6.45, 7) is 0. The van der Waals surface area contributed by atoms with Gasteiger partial charge in [-0.05, 0) is 47.5 Å². The molecule has 0 bridgehead atoms. The molecule has 1 aromatic heterocycles. The smallest absolute Gasteiger partial charge is 0.159 e. The molecular formula is C30H21NO. The molecule has 152 valence electrons. The van der Waals surface area contributed by atoms with Crippen LogP contribution in [0.5, 0.6) is 0 Å². The van der Waals surface area contributed by atoms with Gasteiger partial charge in [-0.1, -0.05) is 91.0 Å². The average molecular weight is 412 g/mol. The van der Waals surface area contributed by atoms with Crippen LogP contribution in [0.1, 0.15) is 0 Å². The molecular weight excluding hydrogens is 390 g/mol. The topological polar surface area (TPSA) is 16.4 Å². The van der Waals surface area contributed by atoms with Gasteiger partial charge in [0, 0.05) is 22.1 Å². The molecule has 0 amide bonds. The predicted octanol–water partition coefficient (Wildman–Crippen LogP) is 8.72. The van der Waals surface area contributed by atoms with Gasteiger partial charge in [0.2, 0.25) is 0 Å². The molecule has 2 heteroatoms. The maximum atomic E-state index is 6.36.